The van der Waals surface area contributed by atoms with Gasteiger partial charge >= 0.3 is 14.6 Å². The molecule has 3 aliphatic rings. The zero-order valence-electron chi connectivity index (χ0n) is 12.2. The molecular weight excluding hydrogens is 262 g/mol. The van der Waals surface area contributed by atoms with Gasteiger partial charge in [-0.1, -0.05) is 0 Å². The highest BCUT2D eigenvalue weighted by atomic mass is 16.8. The van der Waals surface area contributed by atoms with Gasteiger partial charge in [-0.25, -0.2) is 0 Å². The van der Waals surface area contributed by atoms with E-state index in [-0.39, 0.29) is 24.4 Å². The van der Waals surface area contributed by atoms with Crippen LogP contribution in [0, 0.1) is 0 Å². The lowest BCUT2D eigenvalue weighted by Gasteiger charge is -2.29. The van der Waals surface area contributed by atoms with Crippen LogP contribution in [0.3, 0.4) is 0 Å². The predicted octanol–water partition coefficient (Wildman–Crippen LogP) is 1.17. The van der Waals surface area contributed by atoms with E-state index in [4.69, 9.17) is 27.9 Å². The van der Waals surface area contributed by atoms with Crippen molar-refractivity contribution < 1.29 is 27.9 Å². The standard InChI is InChI=1S/C12H22B2O6/c1-9-7-15-13(17-9)19-11-3-5-12(6-4-11)20-14-16-8-10(2)18-14/h9-12H,3-8H2,1-2H3. The fraction of sp³-hybridized carbons (Fsp3) is 1.00. The van der Waals surface area contributed by atoms with Crippen LogP contribution in [0.15, 0.2) is 0 Å². The van der Waals surface area contributed by atoms with Crippen LogP contribution in [0.5, 0.6) is 0 Å². The molecule has 8 heteroatoms. The highest BCUT2D eigenvalue weighted by Crippen LogP contribution is 2.26. The molecule has 1 saturated carbocycles. The van der Waals surface area contributed by atoms with E-state index in [0.717, 1.165) is 25.7 Å². The minimum Gasteiger partial charge on any atom is -0.383 e. The Labute approximate surface area is 120 Å². The van der Waals surface area contributed by atoms with Crippen molar-refractivity contribution in [1.82, 2.24) is 0 Å². The smallest absolute Gasteiger partial charge is 0.383 e. The quantitative estimate of drug-likeness (QED) is 0.722. The van der Waals surface area contributed by atoms with E-state index in [1.807, 2.05) is 13.8 Å². The molecule has 20 heavy (non-hydrogen) atoms. The minimum atomic E-state index is -0.491. The maximum absolute atomic E-state index is 5.80. The molecule has 0 N–H and O–H groups in total. The zero-order valence-corrected chi connectivity index (χ0v) is 12.2. The molecule has 0 spiro atoms. The molecule has 1 aliphatic carbocycles. The topological polar surface area (TPSA) is 55.4 Å². The summed E-state index contributed by atoms with van der Waals surface area (Å²) in [5, 5.41) is 0. The Balaban J connectivity index is 1.34. The minimum absolute atomic E-state index is 0.123. The van der Waals surface area contributed by atoms with Crippen LogP contribution in [-0.2, 0) is 27.9 Å². The maximum Gasteiger partial charge on any atom is 0.639 e. The van der Waals surface area contributed by atoms with Crippen LogP contribution in [0.4, 0.5) is 0 Å². The van der Waals surface area contributed by atoms with Crippen LogP contribution < -0.4 is 0 Å². The molecule has 3 rings (SSSR count). The Bertz CT molecular complexity index is 282. The van der Waals surface area contributed by atoms with Gasteiger partial charge in [-0.2, -0.15) is 0 Å². The van der Waals surface area contributed by atoms with E-state index in [2.05, 4.69) is 0 Å². The van der Waals surface area contributed by atoms with Gasteiger partial charge in [-0.3, -0.25) is 0 Å². The monoisotopic (exact) mass is 284 g/mol. The molecule has 2 aliphatic heterocycles. The molecule has 3 fully saturated rings. The van der Waals surface area contributed by atoms with Crippen LogP contribution in [0.1, 0.15) is 39.5 Å². The molecule has 2 atom stereocenters. The Kier molecular flexibility index (Phi) is 5.01. The lowest BCUT2D eigenvalue weighted by Crippen LogP contribution is -2.35. The summed E-state index contributed by atoms with van der Waals surface area (Å²) in [5.41, 5.74) is 0. The van der Waals surface area contributed by atoms with E-state index < -0.39 is 14.6 Å². The van der Waals surface area contributed by atoms with Crippen LogP contribution in [0.25, 0.3) is 0 Å². The predicted molar refractivity (Wildman–Crippen MR) is 72.7 cm³/mol. The van der Waals surface area contributed by atoms with Crippen LogP contribution in [0.2, 0.25) is 0 Å². The summed E-state index contributed by atoms with van der Waals surface area (Å²) in [4.78, 5) is 0. The van der Waals surface area contributed by atoms with Gasteiger partial charge in [0, 0.05) is 12.2 Å². The molecule has 0 aromatic carbocycles. The number of rotatable bonds is 4. The highest BCUT2D eigenvalue weighted by molar-refractivity contribution is 6.37. The van der Waals surface area contributed by atoms with E-state index in [0.29, 0.717) is 13.2 Å². The summed E-state index contributed by atoms with van der Waals surface area (Å²) >= 11 is 0. The van der Waals surface area contributed by atoms with Gasteiger partial charge in [0.15, 0.2) is 0 Å². The molecule has 0 radical (unpaired) electrons. The zero-order chi connectivity index (χ0) is 13.9. The molecule has 112 valence electrons. The lowest BCUT2D eigenvalue weighted by molar-refractivity contribution is 0.0263. The van der Waals surface area contributed by atoms with Gasteiger partial charge in [-0.05, 0) is 39.5 Å². The molecule has 2 unspecified atom stereocenters. The molecular formula is C12H22B2O6. The van der Waals surface area contributed by atoms with Crippen molar-refractivity contribution in [2.45, 2.75) is 63.9 Å². The first-order valence-electron chi connectivity index (χ1n) is 7.54. The molecule has 2 saturated heterocycles. The van der Waals surface area contributed by atoms with E-state index >= 15 is 0 Å². The van der Waals surface area contributed by atoms with Crippen molar-refractivity contribution in [3.05, 3.63) is 0 Å². The summed E-state index contributed by atoms with van der Waals surface area (Å²) in [6, 6.07) is 0. The molecule has 6 nitrogen and oxygen atoms in total. The van der Waals surface area contributed by atoms with Gasteiger partial charge in [-0.15, -0.1) is 0 Å². The van der Waals surface area contributed by atoms with Gasteiger partial charge < -0.3 is 27.9 Å². The summed E-state index contributed by atoms with van der Waals surface area (Å²) < 4.78 is 33.4. The summed E-state index contributed by atoms with van der Waals surface area (Å²) in [5.74, 6) is 0. The molecule has 0 aromatic heterocycles. The third-order valence-electron chi connectivity index (χ3n) is 3.85. The first kappa shape index (κ1) is 14.8. The van der Waals surface area contributed by atoms with Gasteiger partial charge in [0.25, 0.3) is 0 Å². The first-order chi connectivity index (χ1) is 9.69. The average Bonchev–Trinajstić information content (AvgIpc) is 3.01. The highest BCUT2D eigenvalue weighted by Gasteiger charge is 2.38. The van der Waals surface area contributed by atoms with Crippen LogP contribution in [-0.4, -0.2) is 52.3 Å². The number of hydrogen-bond acceptors (Lipinski definition) is 6. The van der Waals surface area contributed by atoms with Crippen LogP contribution >= 0.6 is 0 Å². The Morgan fingerprint density at radius 3 is 1.45 bits per heavy atom. The van der Waals surface area contributed by atoms with Crippen molar-refractivity contribution in [2.24, 2.45) is 0 Å². The molecule has 0 bridgehead atoms. The van der Waals surface area contributed by atoms with E-state index in [1.165, 1.54) is 0 Å². The SMILES string of the molecule is CC1COB(OC2CCC(OB3OCC(C)O3)CC2)O1. The largest absolute Gasteiger partial charge is 0.639 e. The first-order valence-corrected chi connectivity index (χ1v) is 7.54. The average molecular weight is 284 g/mol. The second-order valence-electron chi connectivity index (χ2n) is 5.81. The van der Waals surface area contributed by atoms with Gasteiger partial charge in [0.1, 0.15) is 0 Å². The third-order valence-corrected chi connectivity index (χ3v) is 3.85. The molecule has 2 heterocycles. The van der Waals surface area contributed by atoms with Crippen molar-refractivity contribution >= 4 is 14.6 Å². The van der Waals surface area contributed by atoms with Gasteiger partial charge in [0.2, 0.25) is 0 Å². The van der Waals surface area contributed by atoms with Gasteiger partial charge in [0.05, 0.1) is 25.4 Å². The summed E-state index contributed by atoms with van der Waals surface area (Å²) in [6.07, 6.45) is 4.42. The Morgan fingerprint density at radius 1 is 0.750 bits per heavy atom. The van der Waals surface area contributed by atoms with Crippen molar-refractivity contribution in [3.8, 4) is 0 Å². The normalized spacial score (nSPS) is 38.7. The van der Waals surface area contributed by atoms with E-state index in [9.17, 15) is 0 Å². The fourth-order valence-electron chi connectivity index (χ4n) is 2.73. The lowest BCUT2D eigenvalue weighted by atomic mass is 9.93. The summed E-state index contributed by atoms with van der Waals surface area (Å²) in [6.45, 7) is 5.18. The second-order valence-corrected chi connectivity index (χ2v) is 5.81. The second kappa shape index (κ2) is 6.77. The third kappa shape index (κ3) is 3.96. The Hall–Kier alpha value is -0.110. The maximum atomic E-state index is 5.80. The fourth-order valence-corrected chi connectivity index (χ4v) is 2.73. The van der Waals surface area contributed by atoms with E-state index in [1.54, 1.807) is 0 Å². The van der Waals surface area contributed by atoms with Crippen molar-refractivity contribution in [2.75, 3.05) is 13.2 Å². The van der Waals surface area contributed by atoms with Crippen molar-refractivity contribution in [3.63, 3.8) is 0 Å². The molecule has 0 amide bonds. The molecule has 0 aromatic rings. The number of hydrogen-bond donors (Lipinski definition) is 0. The Morgan fingerprint density at radius 2 is 1.15 bits per heavy atom. The van der Waals surface area contributed by atoms with Crippen molar-refractivity contribution in [1.29, 1.82) is 0 Å². The summed E-state index contributed by atoms with van der Waals surface area (Å²) in [7, 11) is -0.982.